The van der Waals surface area contributed by atoms with Gasteiger partial charge in [-0.25, -0.2) is 9.97 Å². The van der Waals surface area contributed by atoms with E-state index in [0.29, 0.717) is 30.4 Å². The molecule has 4 N–H and O–H groups in total. The Kier molecular flexibility index (Phi) is 7.13. The second-order valence-electron chi connectivity index (χ2n) is 10.1. The fourth-order valence-corrected chi connectivity index (χ4v) is 4.55. The molecule has 2 aliphatic carbocycles. The molecule has 1 aliphatic heterocycles. The number of H-pyrrole nitrogens is 1. The number of carbonyl (C=O) groups excluding carboxylic acids is 3. The smallest absolute Gasteiger partial charge is 0.255 e. The number of fused-ring (bicyclic) bond motifs is 1. The summed E-state index contributed by atoms with van der Waals surface area (Å²) in [6, 6.07) is 7.37. The third kappa shape index (κ3) is 5.69. The average Bonchev–Trinajstić information content (AvgIpc) is 3.85. The van der Waals surface area contributed by atoms with E-state index in [1.807, 2.05) is 23.2 Å². The fraction of sp³-hybridized carbons (Fsp3) is 0.393. The minimum atomic E-state index is -0.130. The van der Waals surface area contributed by atoms with Crippen LogP contribution in [0.2, 0.25) is 0 Å². The number of methoxy groups -OCH3 is 1. The molecule has 0 spiro atoms. The first-order valence-corrected chi connectivity index (χ1v) is 12.9. The largest absolute Gasteiger partial charge is 0.481 e. The number of pyridine rings is 2. The summed E-state index contributed by atoms with van der Waals surface area (Å²) in [4.78, 5) is 48.9. The molecule has 10 nitrogen and oxygen atoms in total. The predicted octanol–water partition coefficient (Wildman–Crippen LogP) is 3.37. The minimum absolute atomic E-state index is 0.0323. The zero-order valence-corrected chi connectivity index (χ0v) is 21.6. The number of nitrogens with two attached hydrogens (primary N) is 1. The molecule has 0 aromatic carbocycles. The lowest BCUT2D eigenvalue weighted by molar-refractivity contribution is -0.119. The van der Waals surface area contributed by atoms with Crippen molar-refractivity contribution in [3.05, 3.63) is 53.9 Å². The Morgan fingerprint density at radius 3 is 2.47 bits per heavy atom. The number of hydrogen-bond donors (Lipinski definition) is 3. The lowest BCUT2D eigenvalue weighted by Crippen LogP contribution is -2.38. The van der Waals surface area contributed by atoms with Crippen LogP contribution in [0.1, 0.15) is 48.5 Å². The van der Waals surface area contributed by atoms with E-state index in [0.717, 1.165) is 47.9 Å². The summed E-state index contributed by atoms with van der Waals surface area (Å²) in [5, 5.41) is 3.97. The van der Waals surface area contributed by atoms with Gasteiger partial charge in [0.15, 0.2) is 0 Å². The summed E-state index contributed by atoms with van der Waals surface area (Å²) in [5.74, 6) is 1.35. The average molecular weight is 517 g/mol. The van der Waals surface area contributed by atoms with Crippen LogP contribution in [0.5, 0.6) is 5.88 Å². The van der Waals surface area contributed by atoms with Gasteiger partial charge in [-0.3, -0.25) is 14.4 Å². The zero-order valence-electron chi connectivity index (χ0n) is 21.6. The Hall–Kier alpha value is -4.21. The number of carbonyl (C=O) groups is 3. The molecule has 0 saturated heterocycles. The van der Waals surface area contributed by atoms with Crippen LogP contribution in [0.15, 0.2) is 42.7 Å². The first-order chi connectivity index (χ1) is 18.3. The molecule has 2 saturated carbocycles. The maximum Gasteiger partial charge on any atom is 0.255 e. The lowest BCUT2D eigenvalue weighted by atomic mass is 9.89. The van der Waals surface area contributed by atoms with Gasteiger partial charge in [-0.05, 0) is 60.9 Å². The highest BCUT2D eigenvalue weighted by molar-refractivity contribution is 5.98. The van der Waals surface area contributed by atoms with Crippen molar-refractivity contribution in [2.45, 2.75) is 32.6 Å². The Bertz CT molecular complexity index is 1390. The molecule has 2 fully saturated rings. The van der Waals surface area contributed by atoms with Gasteiger partial charge >= 0.3 is 0 Å². The molecule has 38 heavy (non-hydrogen) atoms. The number of nitrogens with one attached hydrogen (secondary N) is 2. The molecule has 1 unspecified atom stereocenters. The highest BCUT2D eigenvalue weighted by Crippen LogP contribution is 2.35. The third-order valence-electron chi connectivity index (χ3n) is 7.06. The molecule has 3 aromatic rings. The first-order valence-electron chi connectivity index (χ1n) is 12.9. The molecule has 6 rings (SSSR count). The molecule has 3 aromatic heterocycles. The molecule has 10 heteroatoms. The SMILES string of the molecule is COc1ccc(C(=O)N2CC=C(c3cc(NC(=O)C4CC4)nc4[nH]ccc34)C(C)C2)cn1.NC(=O)C1CC1. The summed E-state index contributed by atoms with van der Waals surface area (Å²) in [6.45, 7) is 3.20. The fourth-order valence-electron chi connectivity index (χ4n) is 4.55. The number of rotatable bonds is 6. The number of amides is 3. The van der Waals surface area contributed by atoms with E-state index < -0.39 is 0 Å². The minimum Gasteiger partial charge on any atom is -0.481 e. The molecule has 3 amide bonds. The maximum atomic E-state index is 13.0. The third-order valence-corrected chi connectivity index (χ3v) is 7.06. The van der Waals surface area contributed by atoms with Crippen LogP contribution in [0.25, 0.3) is 16.6 Å². The molecule has 198 valence electrons. The monoisotopic (exact) mass is 516 g/mol. The summed E-state index contributed by atoms with van der Waals surface area (Å²) < 4.78 is 5.07. The van der Waals surface area contributed by atoms with Crippen LogP contribution in [0.4, 0.5) is 5.82 Å². The van der Waals surface area contributed by atoms with Crippen LogP contribution in [0.3, 0.4) is 0 Å². The van der Waals surface area contributed by atoms with Crippen LogP contribution in [0, 0.1) is 17.8 Å². The van der Waals surface area contributed by atoms with Crippen molar-refractivity contribution in [2.24, 2.45) is 23.5 Å². The summed E-state index contributed by atoms with van der Waals surface area (Å²) in [5.41, 5.74) is 8.32. The van der Waals surface area contributed by atoms with Crippen LogP contribution < -0.4 is 15.8 Å². The molecular weight excluding hydrogens is 484 g/mol. The zero-order chi connectivity index (χ0) is 26.8. The summed E-state index contributed by atoms with van der Waals surface area (Å²) in [7, 11) is 1.55. The normalized spacial score (nSPS) is 18.7. The first kappa shape index (κ1) is 25.4. The lowest BCUT2D eigenvalue weighted by Gasteiger charge is -2.31. The molecule has 1 atom stereocenters. The van der Waals surface area contributed by atoms with Crippen LogP contribution in [-0.4, -0.2) is 57.8 Å². The number of aromatic nitrogens is 3. The summed E-state index contributed by atoms with van der Waals surface area (Å²) >= 11 is 0. The molecule has 3 aliphatic rings. The Morgan fingerprint density at radius 2 is 1.89 bits per heavy atom. The van der Waals surface area contributed by atoms with Crippen molar-refractivity contribution >= 4 is 40.1 Å². The second kappa shape index (κ2) is 10.6. The predicted molar refractivity (Wildman–Crippen MR) is 143 cm³/mol. The number of ether oxygens (including phenoxy) is 1. The van der Waals surface area contributed by atoms with Gasteiger partial charge < -0.3 is 25.7 Å². The maximum absolute atomic E-state index is 13.0. The van der Waals surface area contributed by atoms with E-state index in [-0.39, 0.29) is 35.5 Å². The number of nitrogens with zero attached hydrogens (tertiary/aromatic N) is 3. The molecule has 4 heterocycles. The van der Waals surface area contributed by atoms with Gasteiger partial charge in [0.2, 0.25) is 17.7 Å². The van der Waals surface area contributed by atoms with Gasteiger partial charge in [0.1, 0.15) is 11.5 Å². The van der Waals surface area contributed by atoms with Crippen molar-refractivity contribution in [3.63, 3.8) is 0 Å². The van der Waals surface area contributed by atoms with Crippen molar-refractivity contribution < 1.29 is 19.1 Å². The van der Waals surface area contributed by atoms with Gasteiger partial charge in [0.05, 0.1) is 12.7 Å². The molecule has 0 bridgehead atoms. The van der Waals surface area contributed by atoms with Crippen molar-refractivity contribution in [2.75, 3.05) is 25.5 Å². The van der Waals surface area contributed by atoms with Crippen LogP contribution >= 0.6 is 0 Å². The Balaban J connectivity index is 0.000000433. The Labute approximate surface area is 220 Å². The number of hydrogen-bond acceptors (Lipinski definition) is 6. The van der Waals surface area contributed by atoms with Gasteiger partial charge in [0.25, 0.3) is 5.91 Å². The number of anilines is 1. The topological polar surface area (TPSA) is 143 Å². The van der Waals surface area contributed by atoms with Crippen molar-refractivity contribution in [1.82, 2.24) is 19.9 Å². The van der Waals surface area contributed by atoms with Crippen molar-refractivity contribution in [1.29, 1.82) is 0 Å². The van der Waals surface area contributed by atoms with Crippen LogP contribution in [-0.2, 0) is 9.59 Å². The number of aromatic amines is 1. The standard InChI is InChI=1S/C24H25N5O3.C4H7NO/c1-14-13-29(24(31)16-5-6-21(32-2)26-12-16)10-8-17(14)19-11-20(28-23(30)15-3-4-15)27-22-18(19)7-9-25-22;5-4(6)3-1-2-3/h5-9,11-12,14-15H,3-4,10,13H2,1-2H3,(H2,25,27,28,30);3H,1-2H2,(H2,5,6). The van der Waals surface area contributed by atoms with Gasteiger partial charge in [-0.2, -0.15) is 0 Å². The van der Waals surface area contributed by atoms with Crippen molar-refractivity contribution in [3.8, 4) is 5.88 Å². The van der Waals surface area contributed by atoms with E-state index in [1.54, 1.807) is 25.4 Å². The van der Waals surface area contributed by atoms with Gasteiger partial charge in [-0.1, -0.05) is 13.0 Å². The molecular formula is C28H32N6O4. The highest BCUT2D eigenvalue weighted by atomic mass is 16.5. The Morgan fingerprint density at radius 1 is 1.13 bits per heavy atom. The van der Waals surface area contributed by atoms with E-state index >= 15 is 0 Å². The molecule has 0 radical (unpaired) electrons. The number of primary amides is 1. The quantitative estimate of drug-likeness (QED) is 0.458. The van der Waals surface area contributed by atoms with Gasteiger partial charge in [0, 0.05) is 48.8 Å². The second-order valence-corrected chi connectivity index (χ2v) is 10.1. The van der Waals surface area contributed by atoms with E-state index in [4.69, 9.17) is 10.5 Å². The van der Waals surface area contributed by atoms with E-state index in [2.05, 4.69) is 33.3 Å². The van der Waals surface area contributed by atoms with E-state index in [1.165, 1.54) is 0 Å². The van der Waals surface area contributed by atoms with Gasteiger partial charge in [-0.15, -0.1) is 0 Å². The highest BCUT2D eigenvalue weighted by Gasteiger charge is 2.31. The summed E-state index contributed by atoms with van der Waals surface area (Å²) in [6.07, 6.45) is 9.43. The van der Waals surface area contributed by atoms with E-state index in [9.17, 15) is 14.4 Å².